The summed E-state index contributed by atoms with van der Waals surface area (Å²) < 4.78 is 0. The minimum absolute atomic E-state index is 0.00778. The summed E-state index contributed by atoms with van der Waals surface area (Å²) in [6, 6.07) is 2.73. The van der Waals surface area contributed by atoms with Crippen LogP contribution in [-0.4, -0.2) is 34.1 Å². The lowest BCUT2D eigenvalue weighted by atomic mass is 10.2. The fourth-order valence-electron chi connectivity index (χ4n) is 1.63. The fraction of sp³-hybridized carbons (Fsp3) is 0.538. The number of carboxylic acids is 1. The van der Waals surface area contributed by atoms with Crippen molar-refractivity contribution in [2.24, 2.45) is 0 Å². The van der Waals surface area contributed by atoms with E-state index in [0.717, 1.165) is 4.88 Å². The first-order valence-corrected chi connectivity index (χ1v) is 7.16. The van der Waals surface area contributed by atoms with Crippen molar-refractivity contribution >= 4 is 23.3 Å². The maximum Gasteiger partial charge on any atom is 0.326 e. The first kappa shape index (κ1) is 15.5. The second-order valence-corrected chi connectivity index (χ2v) is 5.58. The van der Waals surface area contributed by atoms with Gasteiger partial charge in [0.1, 0.15) is 6.04 Å². The Morgan fingerprint density at radius 1 is 1.47 bits per heavy atom. The van der Waals surface area contributed by atoms with E-state index in [9.17, 15) is 9.59 Å². The Morgan fingerprint density at radius 2 is 2.16 bits per heavy atom. The van der Waals surface area contributed by atoms with Crippen molar-refractivity contribution in [3.05, 3.63) is 22.4 Å². The van der Waals surface area contributed by atoms with Gasteiger partial charge in [-0.3, -0.25) is 0 Å². The predicted octanol–water partition coefficient (Wildman–Crippen LogP) is 2.53. The summed E-state index contributed by atoms with van der Waals surface area (Å²) in [5.41, 5.74) is 0. The Labute approximate surface area is 117 Å². The molecule has 1 heterocycles. The van der Waals surface area contributed by atoms with Crippen LogP contribution in [0.4, 0.5) is 4.79 Å². The van der Waals surface area contributed by atoms with Crippen LogP contribution in [0.2, 0.25) is 0 Å². The monoisotopic (exact) mass is 284 g/mol. The van der Waals surface area contributed by atoms with E-state index in [1.54, 1.807) is 23.2 Å². The van der Waals surface area contributed by atoms with Crippen LogP contribution in [0.25, 0.3) is 0 Å². The van der Waals surface area contributed by atoms with Gasteiger partial charge in [-0.25, -0.2) is 9.59 Å². The van der Waals surface area contributed by atoms with E-state index in [1.165, 1.54) is 0 Å². The number of carbonyl (C=O) groups is 2. The Hall–Kier alpha value is -1.56. The van der Waals surface area contributed by atoms with Crippen LogP contribution in [-0.2, 0) is 11.3 Å². The molecule has 0 fully saturated rings. The number of urea groups is 1. The van der Waals surface area contributed by atoms with Gasteiger partial charge in [-0.05, 0) is 31.7 Å². The van der Waals surface area contributed by atoms with Crippen molar-refractivity contribution in [1.82, 2.24) is 10.2 Å². The third kappa shape index (κ3) is 4.55. The van der Waals surface area contributed by atoms with Crippen LogP contribution in [0.3, 0.4) is 0 Å². The molecule has 0 aliphatic carbocycles. The molecule has 0 spiro atoms. The van der Waals surface area contributed by atoms with E-state index in [-0.39, 0.29) is 12.1 Å². The average molecular weight is 284 g/mol. The molecule has 1 rings (SSSR count). The third-order valence-corrected chi connectivity index (χ3v) is 3.66. The van der Waals surface area contributed by atoms with Crippen molar-refractivity contribution in [3.8, 4) is 0 Å². The Morgan fingerprint density at radius 3 is 2.58 bits per heavy atom. The van der Waals surface area contributed by atoms with E-state index >= 15 is 0 Å². The quantitative estimate of drug-likeness (QED) is 0.843. The third-order valence-electron chi connectivity index (χ3n) is 2.79. The molecule has 0 saturated carbocycles. The number of carboxylic acid groups (broad SMARTS) is 1. The number of hydrogen-bond acceptors (Lipinski definition) is 3. The first-order chi connectivity index (χ1) is 8.95. The number of carbonyl (C=O) groups excluding carboxylic acids is 1. The first-order valence-electron chi connectivity index (χ1n) is 6.28. The van der Waals surface area contributed by atoms with Gasteiger partial charge in [-0.2, -0.15) is 0 Å². The van der Waals surface area contributed by atoms with E-state index < -0.39 is 12.0 Å². The van der Waals surface area contributed by atoms with Gasteiger partial charge in [0.2, 0.25) is 0 Å². The van der Waals surface area contributed by atoms with Crippen LogP contribution in [0, 0.1) is 0 Å². The molecule has 2 N–H and O–H groups in total. The maximum absolute atomic E-state index is 12.1. The normalized spacial score (nSPS) is 12.2. The second kappa shape index (κ2) is 7.13. The highest BCUT2D eigenvalue weighted by Crippen LogP contribution is 2.14. The highest BCUT2D eigenvalue weighted by molar-refractivity contribution is 7.09. The zero-order chi connectivity index (χ0) is 14.4. The van der Waals surface area contributed by atoms with Gasteiger partial charge >= 0.3 is 12.0 Å². The number of thiophene rings is 1. The van der Waals surface area contributed by atoms with Gasteiger partial charge < -0.3 is 15.3 Å². The minimum atomic E-state index is -1.00. The van der Waals surface area contributed by atoms with Crippen molar-refractivity contribution in [2.45, 2.75) is 45.8 Å². The lowest BCUT2D eigenvalue weighted by Crippen LogP contribution is -2.49. The Balaban J connectivity index is 2.70. The second-order valence-electron chi connectivity index (χ2n) is 4.55. The van der Waals surface area contributed by atoms with Crippen LogP contribution in [0.5, 0.6) is 0 Å². The molecule has 2 amide bonds. The van der Waals surface area contributed by atoms with Crippen LogP contribution in [0.1, 0.15) is 32.1 Å². The molecule has 0 unspecified atom stereocenters. The molecule has 0 aromatic carbocycles. The van der Waals surface area contributed by atoms with Crippen LogP contribution >= 0.6 is 11.3 Å². The van der Waals surface area contributed by atoms with Gasteiger partial charge in [0, 0.05) is 10.9 Å². The zero-order valence-corrected chi connectivity index (χ0v) is 12.2. The number of nitrogens with zero attached hydrogens (tertiary/aromatic N) is 1. The summed E-state index contributed by atoms with van der Waals surface area (Å²) in [5.74, 6) is -1.00. The molecule has 1 aromatic rings. The molecule has 0 aliphatic rings. The molecule has 0 saturated heterocycles. The summed E-state index contributed by atoms with van der Waals surface area (Å²) in [6.07, 6.45) is 0.367. The standard InChI is InChI=1S/C13H20N2O3S/c1-4-11(12(16)17)14-13(18)15(9(2)3)8-10-6-5-7-19-10/h5-7,9,11H,4,8H2,1-3H3,(H,14,18)(H,16,17)/t11-/m0/s1. The molecule has 0 radical (unpaired) electrons. The smallest absolute Gasteiger partial charge is 0.326 e. The number of nitrogens with one attached hydrogen (secondary N) is 1. The van der Waals surface area contributed by atoms with Crippen molar-refractivity contribution in [1.29, 1.82) is 0 Å². The summed E-state index contributed by atoms with van der Waals surface area (Å²) >= 11 is 1.58. The molecule has 0 aliphatic heterocycles. The highest BCUT2D eigenvalue weighted by atomic mass is 32.1. The number of amides is 2. The largest absolute Gasteiger partial charge is 0.480 e. The van der Waals surface area contributed by atoms with E-state index in [4.69, 9.17) is 5.11 Å². The summed E-state index contributed by atoms with van der Waals surface area (Å²) in [7, 11) is 0. The summed E-state index contributed by atoms with van der Waals surface area (Å²) in [4.78, 5) is 25.8. The lowest BCUT2D eigenvalue weighted by molar-refractivity contribution is -0.139. The topological polar surface area (TPSA) is 69.6 Å². The predicted molar refractivity (Wildman–Crippen MR) is 75.2 cm³/mol. The highest BCUT2D eigenvalue weighted by Gasteiger charge is 2.23. The SMILES string of the molecule is CC[C@H](NC(=O)N(Cc1cccs1)C(C)C)C(=O)O. The number of hydrogen-bond donors (Lipinski definition) is 2. The summed E-state index contributed by atoms with van der Waals surface area (Å²) in [5, 5.41) is 13.5. The number of aliphatic carboxylic acids is 1. The van der Waals surface area contributed by atoms with Gasteiger partial charge in [0.25, 0.3) is 0 Å². The molecule has 19 heavy (non-hydrogen) atoms. The Kier molecular flexibility index (Phi) is 5.82. The molecule has 5 nitrogen and oxygen atoms in total. The van der Waals surface area contributed by atoms with E-state index in [1.807, 2.05) is 31.4 Å². The molecule has 106 valence electrons. The minimum Gasteiger partial charge on any atom is -0.480 e. The van der Waals surface area contributed by atoms with Crippen molar-refractivity contribution < 1.29 is 14.7 Å². The van der Waals surface area contributed by atoms with Gasteiger partial charge in [0.05, 0.1) is 6.54 Å². The van der Waals surface area contributed by atoms with Gasteiger partial charge in [0.15, 0.2) is 0 Å². The number of rotatable bonds is 6. The van der Waals surface area contributed by atoms with E-state index in [0.29, 0.717) is 13.0 Å². The molecular weight excluding hydrogens is 264 g/mol. The van der Waals surface area contributed by atoms with Crippen molar-refractivity contribution in [2.75, 3.05) is 0 Å². The lowest BCUT2D eigenvalue weighted by Gasteiger charge is -2.28. The Bertz CT molecular complexity index is 418. The average Bonchev–Trinajstić information content (AvgIpc) is 2.84. The van der Waals surface area contributed by atoms with Crippen LogP contribution < -0.4 is 5.32 Å². The van der Waals surface area contributed by atoms with Crippen molar-refractivity contribution in [3.63, 3.8) is 0 Å². The molecule has 1 atom stereocenters. The zero-order valence-electron chi connectivity index (χ0n) is 11.4. The molecule has 6 heteroatoms. The van der Waals surface area contributed by atoms with E-state index in [2.05, 4.69) is 5.32 Å². The summed E-state index contributed by atoms with van der Waals surface area (Å²) in [6.45, 7) is 6.05. The maximum atomic E-state index is 12.1. The molecular formula is C13H20N2O3S. The van der Waals surface area contributed by atoms with Crippen LogP contribution in [0.15, 0.2) is 17.5 Å². The fourth-order valence-corrected chi connectivity index (χ4v) is 2.33. The molecule has 0 bridgehead atoms. The van der Waals surface area contributed by atoms with Gasteiger partial charge in [-0.15, -0.1) is 11.3 Å². The molecule has 1 aromatic heterocycles. The van der Waals surface area contributed by atoms with Gasteiger partial charge in [-0.1, -0.05) is 13.0 Å².